The number of benzene rings is 2. The van der Waals surface area contributed by atoms with E-state index >= 15 is 0 Å². The molecule has 112 valence electrons. The van der Waals surface area contributed by atoms with Crippen LogP contribution in [0.25, 0.3) is 0 Å². The molecule has 2 rings (SSSR count). The number of nitrogen functional groups attached to an aromatic ring is 1. The molecule has 0 amide bonds. The molecule has 5 heteroatoms. The summed E-state index contributed by atoms with van der Waals surface area (Å²) in [4.78, 5) is 1.96. The highest BCUT2D eigenvalue weighted by Crippen LogP contribution is 2.29. The highest BCUT2D eigenvalue weighted by Gasteiger charge is 2.30. The van der Waals surface area contributed by atoms with E-state index in [9.17, 15) is 13.2 Å². The third kappa shape index (κ3) is 4.49. The van der Waals surface area contributed by atoms with Crippen molar-refractivity contribution in [3.8, 4) is 0 Å². The molecule has 0 aliphatic heterocycles. The molecule has 0 atom stereocenters. The first-order valence-corrected chi connectivity index (χ1v) is 6.54. The molecule has 2 nitrogen and oxygen atoms in total. The van der Waals surface area contributed by atoms with Gasteiger partial charge in [0.15, 0.2) is 0 Å². The Hall–Kier alpha value is -2.01. The highest BCUT2D eigenvalue weighted by atomic mass is 19.4. The van der Waals surface area contributed by atoms with E-state index in [4.69, 9.17) is 5.73 Å². The van der Waals surface area contributed by atoms with Gasteiger partial charge in [-0.25, -0.2) is 0 Å². The number of hydrogen-bond acceptors (Lipinski definition) is 2. The summed E-state index contributed by atoms with van der Waals surface area (Å²) in [5.41, 5.74) is 7.41. The Balaban J connectivity index is 2.02. The Kier molecular flexibility index (Phi) is 4.53. The summed E-state index contributed by atoms with van der Waals surface area (Å²) in [6.07, 6.45) is -4.30. The second-order valence-electron chi connectivity index (χ2n) is 5.11. The molecule has 0 aliphatic carbocycles. The minimum atomic E-state index is -4.30. The molecule has 0 radical (unpaired) electrons. The maximum Gasteiger partial charge on any atom is 0.416 e. The lowest BCUT2D eigenvalue weighted by atomic mass is 10.1. The first-order valence-electron chi connectivity index (χ1n) is 6.54. The van der Waals surface area contributed by atoms with Crippen molar-refractivity contribution in [3.05, 3.63) is 65.2 Å². The molecule has 0 heterocycles. The molecule has 0 bridgehead atoms. The Morgan fingerprint density at radius 1 is 0.952 bits per heavy atom. The SMILES string of the molecule is CN(Cc1ccc(N)cc1)Cc1cccc(C(F)(F)F)c1. The fraction of sp³-hybridized carbons (Fsp3) is 0.250. The molecule has 2 N–H and O–H groups in total. The normalized spacial score (nSPS) is 11.9. The average Bonchev–Trinajstić information content (AvgIpc) is 2.41. The van der Waals surface area contributed by atoms with Crippen LogP contribution in [0.2, 0.25) is 0 Å². The summed E-state index contributed by atoms with van der Waals surface area (Å²) < 4.78 is 38.0. The monoisotopic (exact) mass is 294 g/mol. The third-order valence-corrected chi connectivity index (χ3v) is 3.14. The topological polar surface area (TPSA) is 29.3 Å². The first-order chi connectivity index (χ1) is 9.84. The molecule has 0 aliphatic rings. The number of nitrogens with zero attached hydrogens (tertiary/aromatic N) is 1. The van der Waals surface area contributed by atoms with E-state index in [2.05, 4.69) is 0 Å². The maximum atomic E-state index is 12.7. The molecular formula is C16H17F3N2. The van der Waals surface area contributed by atoms with Crippen molar-refractivity contribution in [1.82, 2.24) is 4.90 Å². The van der Waals surface area contributed by atoms with Gasteiger partial charge >= 0.3 is 6.18 Å². The van der Waals surface area contributed by atoms with E-state index in [1.807, 2.05) is 36.2 Å². The van der Waals surface area contributed by atoms with Gasteiger partial charge in [-0.15, -0.1) is 0 Å². The zero-order valence-electron chi connectivity index (χ0n) is 11.7. The lowest BCUT2D eigenvalue weighted by Crippen LogP contribution is -2.17. The quantitative estimate of drug-likeness (QED) is 0.866. The smallest absolute Gasteiger partial charge is 0.399 e. The lowest BCUT2D eigenvalue weighted by molar-refractivity contribution is -0.137. The zero-order chi connectivity index (χ0) is 15.5. The van der Waals surface area contributed by atoms with E-state index in [0.717, 1.165) is 11.6 Å². The zero-order valence-corrected chi connectivity index (χ0v) is 11.7. The Morgan fingerprint density at radius 3 is 2.19 bits per heavy atom. The van der Waals surface area contributed by atoms with Crippen LogP contribution in [0.5, 0.6) is 0 Å². The molecule has 21 heavy (non-hydrogen) atoms. The fourth-order valence-electron chi connectivity index (χ4n) is 2.15. The van der Waals surface area contributed by atoms with Gasteiger partial charge in [0.25, 0.3) is 0 Å². The summed E-state index contributed by atoms with van der Waals surface area (Å²) in [6, 6.07) is 12.9. The van der Waals surface area contributed by atoms with Crippen LogP contribution in [0.4, 0.5) is 18.9 Å². The van der Waals surface area contributed by atoms with Crippen LogP contribution in [-0.2, 0) is 19.3 Å². The van der Waals surface area contributed by atoms with Crippen molar-refractivity contribution in [1.29, 1.82) is 0 Å². The van der Waals surface area contributed by atoms with Gasteiger partial charge in [-0.1, -0.05) is 30.3 Å². The van der Waals surface area contributed by atoms with Gasteiger partial charge in [0.1, 0.15) is 0 Å². The summed E-state index contributed by atoms with van der Waals surface area (Å²) in [6.45, 7) is 1.10. The molecule has 0 aromatic heterocycles. The van der Waals surface area contributed by atoms with Crippen molar-refractivity contribution in [2.24, 2.45) is 0 Å². The number of hydrogen-bond donors (Lipinski definition) is 1. The summed E-state index contributed by atoms with van der Waals surface area (Å²) >= 11 is 0. The molecule has 0 unspecified atom stereocenters. The lowest BCUT2D eigenvalue weighted by Gasteiger charge is -2.18. The third-order valence-electron chi connectivity index (χ3n) is 3.14. The second kappa shape index (κ2) is 6.18. The molecule has 0 spiro atoms. The Bertz CT molecular complexity index is 591. The first kappa shape index (κ1) is 15.4. The molecule has 0 saturated heterocycles. The molecule has 2 aromatic carbocycles. The van der Waals surface area contributed by atoms with E-state index in [-0.39, 0.29) is 0 Å². The van der Waals surface area contributed by atoms with Crippen LogP contribution >= 0.6 is 0 Å². The van der Waals surface area contributed by atoms with Crippen molar-refractivity contribution >= 4 is 5.69 Å². The summed E-state index contributed by atoms with van der Waals surface area (Å²) in [7, 11) is 1.87. The standard InChI is InChI=1S/C16H17F3N2/c1-21(10-12-5-7-15(20)8-6-12)11-13-3-2-4-14(9-13)16(17,18)19/h2-9H,10-11,20H2,1H3. The summed E-state index contributed by atoms with van der Waals surface area (Å²) in [5, 5.41) is 0. The van der Waals surface area contributed by atoms with Crippen LogP contribution in [0, 0.1) is 0 Å². The molecular weight excluding hydrogens is 277 g/mol. The van der Waals surface area contributed by atoms with Crippen LogP contribution in [0.15, 0.2) is 48.5 Å². The predicted molar refractivity (Wildman–Crippen MR) is 77.5 cm³/mol. The van der Waals surface area contributed by atoms with Crippen molar-refractivity contribution in [3.63, 3.8) is 0 Å². The number of nitrogens with two attached hydrogens (primary N) is 1. The van der Waals surface area contributed by atoms with E-state index in [1.54, 1.807) is 6.07 Å². The predicted octanol–water partition coefficient (Wildman–Crippen LogP) is 3.92. The Labute approximate surface area is 122 Å². The van der Waals surface area contributed by atoms with Crippen LogP contribution in [-0.4, -0.2) is 11.9 Å². The van der Waals surface area contributed by atoms with Gasteiger partial charge in [0, 0.05) is 18.8 Å². The van der Waals surface area contributed by atoms with Gasteiger partial charge in [0.2, 0.25) is 0 Å². The Morgan fingerprint density at radius 2 is 1.57 bits per heavy atom. The second-order valence-corrected chi connectivity index (χ2v) is 5.11. The van der Waals surface area contributed by atoms with Crippen LogP contribution in [0.1, 0.15) is 16.7 Å². The summed E-state index contributed by atoms with van der Waals surface area (Å²) in [5.74, 6) is 0. The van der Waals surface area contributed by atoms with Crippen LogP contribution < -0.4 is 5.73 Å². The van der Waals surface area contributed by atoms with Gasteiger partial charge in [-0.2, -0.15) is 13.2 Å². The van der Waals surface area contributed by atoms with E-state index in [1.165, 1.54) is 12.1 Å². The van der Waals surface area contributed by atoms with E-state index in [0.29, 0.717) is 24.3 Å². The highest BCUT2D eigenvalue weighted by molar-refractivity contribution is 5.39. The fourth-order valence-corrected chi connectivity index (χ4v) is 2.15. The van der Waals surface area contributed by atoms with Crippen LogP contribution in [0.3, 0.4) is 0 Å². The van der Waals surface area contributed by atoms with Crippen molar-refractivity contribution in [2.75, 3.05) is 12.8 Å². The van der Waals surface area contributed by atoms with Crippen molar-refractivity contribution < 1.29 is 13.2 Å². The minimum Gasteiger partial charge on any atom is -0.399 e. The molecule has 0 saturated carbocycles. The molecule has 0 fully saturated rings. The van der Waals surface area contributed by atoms with Gasteiger partial charge in [-0.3, -0.25) is 4.90 Å². The number of anilines is 1. The van der Waals surface area contributed by atoms with Crippen molar-refractivity contribution in [2.45, 2.75) is 19.3 Å². The largest absolute Gasteiger partial charge is 0.416 e. The van der Waals surface area contributed by atoms with Gasteiger partial charge in [0.05, 0.1) is 5.56 Å². The number of alkyl halides is 3. The van der Waals surface area contributed by atoms with Gasteiger partial charge < -0.3 is 5.73 Å². The maximum absolute atomic E-state index is 12.7. The van der Waals surface area contributed by atoms with Gasteiger partial charge in [-0.05, 0) is 36.4 Å². The number of rotatable bonds is 4. The number of halogens is 3. The average molecular weight is 294 g/mol. The minimum absolute atomic E-state index is 0.453. The van der Waals surface area contributed by atoms with E-state index < -0.39 is 11.7 Å². The molecule has 2 aromatic rings.